The molecule has 0 radical (unpaired) electrons. The number of carbonyl (C=O) groups excluding carboxylic acids is 2. The van der Waals surface area contributed by atoms with E-state index in [1.165, 1.54) is 62.6 Å². The number of nitro groups is 1. The van der Waals surface area contributed by atoms with Crippen LogP contribution in [0.25, 0.3) is 0 Å². The summed E-state index contributed by atoms with van der Waals surface area (Å²) in [5.41, 5.74) is 0.457. The van der Waals surface area contributed by atoms with Crippen molar-refractivity contribution >= 4 is 44.8 Å². The second-order valence-corrected chi connectivity index (χ2v) is 13.4. The normalized spacial score (nSPS) is 11.8. The van der Waals surface area contributed by atoms with Gasteiger partial charge >= 0.3 is 0 Å². The number of nitro benzene ring substituents is 1. The summed E-state index contributed by atoms with van der Waals surface area (Å²) < 4.78 is 50.1. The molecule has 0 saturated heterocycles. The van der Waals surface area contributed by atoms with Crippen LogP contribution in [-0.2, 0) is 32.6 Å². The third kappa shape index (κ3) is 8.92. The summed E-state index contributed by atoms with van der Waals surface area (Å²) in [6, 6.07) is 21.0. The van der Waals surface area contributed by atoms with Crippen molar-refractivity contribution < 1.29 is 32.1 Å². The van der Waals surface area contributed by atoms with Crippen LogP contribution in [0.4, 0.5) is 15.8 Å². The average Bonchev–Trinajstić information content (AvgIpc) is 3.08. The van der Waals surface area contributed by atoms with Crippen LogP contribution >= 0.6 is 11.6 Å². The molecule has 4 rings (SSSR count). The van der Waals surface area contributed by atoms with Gasteiger partial charge in [0.2, 0.25) is 11.8 Å². The molecule has 258 valence electrons. The predicted octanol–water partition coefficient (Wildman–Crippen LogP) is 6.07. The highest BCUT2D eigenvalue weighted by Gasteiger charge is 2.36. The number of aryl methyl sites for hydroxylation is 1. The average molecular weight is 711 g/mol. The number of ether oxygens (including phenoxy) is 1. The number of hydrogen-bond donors (Lipinski definition) is 1. The van der Waals surface area contributed by atoms with Crippen molar-refractivity contribution in [3.63, 3.8) is 0 Å². The number of sulfonamides is 1. The molecule has 4 aromatic carbocycles. The molecular formula is C35H36ClFN4O7S. The Balaban J connectivity index is 1.89. The van der Waals surface area contributed by atoms with Gasteiger partial charge < -0.3 is 15.0 Å². The summed E-state index contributed by atoms with van der Waals surface area (Å²) in [6.07, 6.45) is 0.641. The fourth-order valence-corrected chi connectivity index (χ4v) is 6.78. The standard InChI is InChI=1S/C35H36ClFN4O7S/c1-4-18-38-35(43)32(19-25-10-6-5-7-11-25)39(22-26-12-8-9-13-29(26)37)34(42)23-40(31-20-27(36)15-17-33(31)48-3)49(46,47)28-16-14-24(2)30(21-28)41(44)45/h5-17,20-21,32H,4,18-19,22-23H2,1-3H3,(H,38,43)/t32-/m1/s1. The van der Waals surface area contributed by atoms with E-state index in [1.54, 1.807) is 36.4 Å². The molecule has 0 aliphatic carbocycles. The number of nitrogens with zero attached hydrogens (tertiary/aromatic N) is 3. The molecule has 0 aliphatic rings. The number of nitrogens with one attached hydrogen (secondary N) is 1. The summed E-state index contributed by atoms with van der Waals surface area (Å²) >= 11 is 6.30. The molecular weight excluding hydrogens is 675 g/mol. The zero-order valence-corrected chi connectivity index (χ0v) is 28.7. The minimum Gasteiger partial charge on any atom is -0.495 e. The lowest BCUT2D eigenvalue weighted by molar-refractivity contribution is -0.385. The summed E-state index contributed by atoms with van der Waals surface area (Å²) in [5, 5.41) is 14.7. The Morgan fingerprint density at radius 1 is 1.02 bits per heavy atom. The summed E-state index contributed by atoms with van der Waals surface area (Å²) in [6.45, 7) is 2.36. The molecule has 0 aliphatic heterocycles. The smallest absolute Gasteiger partial charge is 0.273 e. The van der Waals surface area contributed by atoms with Gasteiger partial charge in [-0.05, 0) is 49.2 Å². The van der Waals surface area contributed by atoms with Gasteiger partial charge in [-0.2, -0.15) is 0 Å². The Morgan fingerprint density at radius 2 is 1.71 bits per heavy atom. The van der Waals surface area contributed by atoms with E-state index in [-0.39, 0.29) is 40.6 Å². The maximum atomic E-state index is 15.1. The van der Waals surface area contributed by atoms with E-state index in [0.717, 1.165) is 15.3 Å². The Hall–Kier alpha value is -5.01. The molecule has 0 heterocycles. The highest BCUT2D eigenvalue weighted by Crippen LogP contribution is 2.36. The van der Waals surface area contributed by atoms with E-state index in [1.807, 2.05) is 6.92 Å². The molecule has 14 heteroatoms. The molecule has 0 spiro atoms. The predicted molar refractivity (Wildman–Crippen MR) is 185 cm³/mol. The first-order valence-electron chi connectivity index (χ1n) is 15.3. The minimum atomic E-state index is -4.74. The number of carbonyl (C=O) groups is 2. The Labute approximate surface area is 289 Å². The number of amides is 2. The van der Waals surface area contributed by atoms with Crippen molar-refractivity contribution in [3.8, 4) is 5.75 Å². The van der Waals surface area contributed by atoms with E-state index in [9.17, 15) is 28.1 Å². The molecule has 0 aromatic heterocycles. The van der Waals surface area contributed by atoms with Crippen LogP contribution in [0.5, 0.6) is 5.75 Å². The summed E-state index contributed by atoms with van der Waals surface area (Å²) in [5.74, 6) is -1.97. The lowest BCUT2D eigenvalue weighted by Gasteiger charge is -2.34. The van der Waals surface area contributed by atoms with Crippen LogP contribution in [0, 0.1) is 22.9 Å². The molecule has 49 heavy (non-hydrogen) atoms. The molecule has 0 bridgehead atoms. The van der Waals surface area contributed by atoms with E-state index < -0.39 is 55.7 Å². The van der Waals surface area contributed by atoms with Crippen LogP contribution in [0.15, 0.2) is 95.9 Å². The van der Waals surface area contributed by atoms with E-state index in [0.29, 0.717) is 18.5 Å². The Kier molecular flexibility index (Phi) is 12.3. The molecule has 1 N–H and O–H groups in total. The second-order valence-electron chi connectivity index (χ2n) is 11.1. The molecule has 0 fully saturated rings. The molecule has 4 aromatic rings. The van der Waals surface area contributed by atoms with Gasteiger partial charge in [-0.25, -0.2) is 12.8 Å². The second kappa shape index (κ2) is 16.4. The van der Waals surface area contributed by atoms with Gasteiger partial charge in [-0.1, -0.05) is 73.1 Å². The lowest BCUT2D eigenvalue weighted by atomic mass is 10.0. The van der Waals surface area contributed by atoms with E-state index in [4.69, 9.17) is 16.3 Å². The van der Waals surface area contributed by atoms with Gasteiger partial charge in [0, 0.05) is 41.7 Å². The third-order valence-electron chi connectivity index (χ3n) is 7.77. The number of rotatable bonds is 15. The highest BCUT2D eigenvalue weighted by atomic mass is 35.5. The van der Waals surface area contributed by atoms with Crippen molar-refractivity contribution in [3.05, 3.63) is 129 Å². The zero-order valence-electron chi connectivity index (χ0n) is 27.1. The molecule has 0 saturated carbocycles. The van der Waals surface area contributed by atoms with Crippen LogP contribution in [-0.4, -0.2) is 56.3 Å². The topological polar surface area (TPSA) is 139 Å². The molecule has 11 nitrogen and oxygen atoms in total. The zero-order chi connectivity index (χ0) is 35.7. The largest absolute Gasteiger partial charge is 0.495 e. The molecule has 2 amide bonds. The van der Waals surface area contributed by atoms with Gasteiger partial charge in [0.05, 0.1) is 22.6 Å². The lowest BCUT2D eigenvalue weighted by Crippen LogP contribution is -2.53. The van der Waals surface area contributed by atoms with Crippen LogP contribution in [0.3, 0.4) is 0 Å². The van der Waals surface area contributed by atoms with Crippen LogP contribution in [0.1, 0.15) is 30.0 Å². The SMILES string of the molecule is CCCNC(=O)[C@@H](Cc1ccccc1)N(Cc1ccccc1F)C(=O)CN(c1cc(Cl)ccc1OC)S(=O)(=O)c1ccc(C)c([N+](=O)[O-])c1. The van der Waals surface area contributed by atoms with E-state index in [2.05, 4.69) is 5.32 Å². The van der Waals surface area contributed by atoms with Crippen molar-refractivity contribution in [1.82, 2.24) is 10.2 Å². The molecule has 1 atom stereocenters. The number of halogens is 2. The first kappa shape index (κ1) is 36.8. The highest BCUT2D eigenvalue weighted by molar-refractivity contribution is 7.92. The third-order valence-corrected chi connectivity index (χ3v) is 9.76. The Morgan fingerprint density at radius 3 is 2.37 bits per heavy atom. The van der Waals surface area contributed by atoms with Crippen molar-refractivity contribution in [2.75, 3.05) is 24.5 Å². The van der Waals surface area contributed by atoms with Crippen LogP contribution in [0.2, 0.25) is 5.02 Å². The summed E-state index contributed by atoms with van der Waals surface area (Å²) in [7, 11) is -3.44. The van der Waals surface area contributed by atoms with Crippen LogP contribution < -0.4 is 14.4 Å². The van der Waals surface area contributed by atoms with Gasteiger partial charge in [-0.3, -0.25) is 24.0 Å². The van der Waals surface area contributed by atoms with Crippen molar-refractivity contribution in [1.29, 1.82) is 0 Å². The van der Waals surface area contributed by atoms with Gasteiger partial charge in [-0.15, -0.1) is 0 Å². The van der Waals surface area contributed by atoms with Crippen molar-refractivity contribution in [2.24, 2.45) is 0 Å². The first-order chi connectivity index (χ1) is 23.4. The Bertz CT molecular complexity index is 1930. The minimum absolute atomic E-state index is 0.0320. The van der Waals surface area contributed by atoms with Gasteiger partial charge in [0.15, 0.2) is 0 Å². The number of anilines is 1. The maximum Gasteiger partial charge on any atom is 0.273 e. The monoisotopic (exact) mass is 710 g/mol. The number of benzene rings is 4. The number of methoxy groups -OCH3 is 1. The van der Waals surface area contributed by atoms with Crippen molar-refractivity contribution in [2.45, 2.75) is 44.2 Å². The van der Waals surface area contributed by atoms with Gasteiger partial charge in [0.25, 0.3) is 15.7 Å². The van der Waals surface area contributed by atoms with Gasteiger partial charge in [0.1, 0.15) is 24.2 Å². The maximum absolute atomic E-state index is 15.1. The quantitative estimate of drug-likeness (QED) is 0.117. The first-order valence-corrected chi connectivity index (χ1v) is 17.1. The fraction of sp³-hybridized carbons (Fsp3) is 0.257. The van der Waals surface area contributed by atoms with E-state index >= 15 is 4.39 Å². The number of hydrogen-bond acceptors (Lipinski definition) is 7. The fourth-order valence-electron chi connectivity index (χ4n) is 5.18. The molecule has 0 unspecified atom stereocenters. The summed E-state index contributed by atoms with van der Waals surface area (Å²) in [4.78, 5) is 40.0.